The number of aryl methyl sites for hydroxylation is 1. The van der Waals surface area contributed by atoms with E-state index in [1.165, 1.54) is 6.07 Å². The van der Waals surface area contributed by atoms with E-state index >= 15 is 0 Å². The van der Waals surface area contributed by atoms with E-state index in [9.17, 15) is 36.3 Å². The van der Waals surface area contributed by atoms with Crippen molar-refractivity contribution in [2.75, 3.05) is 0 Å². The SMILES string of the molecule is Cc1ccc2c(c1)Oc1c(Cl)cc(C(=O)c3ccc(OS(=O)(=O)C(F)(F)F)cc3O)n1-c1c([nH]c(Cl)c1Cl)C2=O. The standard InChI is InChI=1S/C24H12Cl3F3N2O7S/c1-9-2-4-12-16(6-9)38-23-13(25)8-14(32(23)19-17(26)22(27)31-18(19)21(12)35)20(34)11-5-3-10(7-15(11)33)39-40(36,37)24(28,29)30/h2-8,31,33H,1H3. The minimum Gasteiger partial charge on any atom is -0.507 e. The zero-order valence-corrected chi connectivity index (χ0v) is 22.6. The molecular formula is C24H12Cl3F3N2O7S. The first-order valence-corrected chi connectivity index (χ1v) is 13.3. The molecule has 40 heavy (non-hydrogen) atoms. The van der Waals surface area contributed by atoms with Crippen LogP contribution in [-0.4, -0.2) is 40.2 Å². The minimum absolute atomic E-state index is 0.0937. The molecule has 1 aliphatic heterocycles. The molecule has 1 aliphatic rings. The lowest BCUT2D eigenvalue weighted by Gasteiger charge is -2.20. The number of hydrogen-bond acceptors (Lipinski definition) is 7. The van der Waals surface area contributed by atoms with Gasteiger partial charge < -0.3 is 19.0 Å². The smallest absolute Gasteiger partial charge is 0.507 e. The van der Waals surface area contributed by atoms with Crippen LogP contribution in [0.15, 0.2) is 42.5 Å². The van der Waals surface area contributed by atoms with Crippen molar-refractivity contribution in [3.05, 3.63) is 85.7 Å². The van der Waals surface area contributed by atoms with Crippen LogP contribution in [0.2, 0.25) is 15.2 Å². The highest BCUT2D eigenvalue weighted by Gasteiger charge is 2.48. The second-order valence-corrected chi connectivity index (χ2v) is 11.1. The van der Waals surface area contributed by atoms with Crippen LogP contribution < -0.4 is 8.92 Å². The summed E-state index contributed by atoms with van der Waals surface area (Å²) in [5.41, 5.74) is -5.84. The van der Waals surface area contributed by atoms with Crippen molar-refractivity contribution in [3.8, 4) is 28.8 Å². The van der Waals surface area contributed by atoms with Gasteiger partial charge in [0.05, 0.1) is 22.5 Å². The Morgan fingerprint density at radius 1 is 1.10 bits per heavy atom. The normalized spacial score (nSPS) is 13.0. The molecule has 5 rings (SSSR count). The molecule has 0 fully saturated rings. The van der Waals surface area contributed by atoms with Gasteiger partial charge in [-0.15, -0.1) is 0 Å². The molecule has 2 N–H and O–H groups in total. The summed E-state index contributed by atoms with van der Waals surface area (Å²) in [5, 5.41) is 10.0. The molecule has 0 atom stereocenters. The Labute approximate surface area is 237 Å². The van der Waals surface area contributed by atoms with E-state index in [0.717, 1.165) is 28.3 Å². The number of benzene rings is 2. The monoisotopic (exact) mass is 634 g/mol. The fraction of sp³-hybridized carbons (Fsp3) is 0.0833. The van der Waals surface area contributed by atoms with Crippen LogP contribution in [0.5, 0.6) is 23.1 Å². The average Bonchev–Trinajstić information content (AvgIpc) is 3.31. The van der Waals surface area contributed by atoms with Crippen molar-refractivity contribution in [1.29, 1.82) is 0 Å². The van der Waals surface area contributed by atoms with E-state index in [2.05, 4.69) is 9.17 Å². The number of nitrogens with one attached hydrogen (secondary N) is 1. The molecule has 0 radical (unpaired) electrons. The first-order chi connectivity index (χ1) is 18.6. The Bertz CT molecular complexity index is 1860. The molecule has 208 valence electrons. The van der Waals surface area contributed by atoms with Crippen molar-refractivity contribution >= 4 is 56.5 Å². The van der Waals surface area contributed by atoms with E-state index in [1.54, 1.807) is 19.1 Å². The average molecular weight is 636 g/mol. The summed E-state index contributed by atoms with van der Waals surface area (Å²) < 4.78 is 71.7. The Morgan fingerprint density at radius 3 is 2.45 bits per heavy atom. The molecule has 4 aromatic rings. The number of phenols is 1. The molecule has 0 bridgehead atoms. The third-order valence-electron chi connectivity index (χ3n) is 5.76. The number of carbonyl (C=O) groups excluding carboxylic acids is 2. The molecule has 0 amide bonds. The van der Waals surface area contributed by atoms with Gasteiger partial charge in [-0.25, -0.2) is 0 Å². The predicted molar refractivity (Wildman–Crippen MR) is 137 cm³/mol. The quantitative estimate of drug-likeness (QED) is 0.130. The molecule has 0 unspecified atom stereocenters. The number of ether oxygens (including phenoxy) is 1. The van der Waals surface area contributed by atoms with Gasteiger partial charge in [0, 0.05) is 6.07 Å². The zero-order valence-electron chi connectivity index (χ0n) is 19.6. The van der Waals surface area contributed by atoms with Gasteiger partial charge in [-0.05, 0) is 42.8 Å². The predicted octanol–water partition coefficient (Wildman–Crippen LogP) is 6.58. The van der Waals surface area contributed by atoms with E-state index < -0.39 is 44.3 Å². The van der Waals surface area contributed by atoms with E-state index in [1.807, 2.05) is 0 Å². The summed E-state index contributed by atoms with van der Waals surface area (Å²) in [6, 6.07) is 8.02. The molecule has 9 nitrogen and oxygen atoms in total. The van der Waals surface area contributed by atoms with Crippen LogP contribution >= 0.6 is 34.8 Å². The Hall–Kier alpha value is -3.65. The molecule has 0 aliphatic carbocycles. The van der Waals surface area contributed by atoms with Crippen molar-refractivity contribution in [2.45, 2.75) is 12.4 Å². The summed E-state index contributed by atoms with van der Waals surface area (Å²) in [7, 11) is -6.03. The summed E-state index contributed by atoms with van der Waals surface area (Å²) in [6.45, 7) is 1.76. The summed E-state index contributed by atoms with van der Waals surface area (Å²) >= 11 is 19.1. The molecule has 2 aromatic carbocycles. The number of aromatic hydroxyl groups is 1. The van der Waals surface area contributed by atoms with E-state index in [0.29, 0.717) is 6.07 Å². The van der Waals surface area contributed by atoms with Crippen molar-refractivity contribution < 1.29 is 45.2 Å². The van der Waals surface area contributed by atoms with Gasteiger partial charge in [0.1, 0.15) is 38.1 Å². The van der Waals surface area contributed by atoms with Crippen LogP contribution in [0.25, 0.3) is 5.69 Å². The number of alkyl halides is 3. The Balaban J connectivity index is 1.67. The third kappa shape index (κ3) is 4.48. The highest BCUT2D eigenvalue weighted by atomic mass is 35.5. The Kier molecular flexibility index (Phi) is 6.61. The van der Waals surface area contributed by atoms with Crippen LogP contribution in [-0.2, 0) is 10.1 Å². The Morgan fingerprint density at radius 2 is 1.80 bits per heavy atom. The molecule has 16 heteroatoms. The summed E-state index contributed by atoms with van der Waals surface area (Å²) in [4.78, 5) is 29.8. The maximum Gasteiger partial charge on any atom is 0.534 e. The number of aromatic amines is 1. The number of aromatic nitrogens is 2. The number of hydrogen-bond donors (Lipinski definition) is 2. The number of fused-ring (bicyclic) bond motifs is 4. The molecule has 0 spiro atoms. The van der Waals surface area contributed by atoms with Gasteiger partial charge in [0.2, 0.25) is 17.4 Å². The fourth-order valence-corrected chi connectivity index (χ4v) is 5.05. The van der Waals surface area contributed by atoms with Gasteiger partial charge in [-0.1, -0.05) is 40.9 Å². The summed E-state index contributed by atoms with van der Waals surface area (Å²) in [6.07, 6.45) is 0. The van der Waals surface area contributed by atoms with Crippen molar-refractivity contribution in [2.24, 2.45) is 0 Å². The number of phenolic OH excluding ortho intramolecular Hbond substituents is 1. The zero-order chi connectivity index (χ0) is 29.3. The molecule has 2 aromatic heterocycles. The van der Waals surface area contributed by atoms with Crippen molar-refractivity contribution in [1.82, 2.24) is 9.55 Å². The molecule has 0 saturated heterocycles. The van der Waals surface area contributed by atoms with Gasteiger partial charge in [-0.2, -0.15) is 21.6 Å². The van der Waals surface area contributed by atoms with Gasteiger partial charge in [0.15, 0.2) is 0 Å². The minimum atomic E-state index is -6.03. The highest BCUT2D eigenvalue weighted by Crippen LogP contribution is 2.45. The fourth-order valence-electron chi connectivity index (χ4n) is 3.97. The third-order valence-corrected chi connectivity index (χ3v) is 7.76. The van der Waals surface area contributed by atoms with Gasteiger partial charge in [0.25, 0.3) is 0 Å². The van der Waals surface area contributed by atoms with E-state index in [-0.39, 0.29) is 49.5 Å². The molecule has 3 heterocycles. The second kappa shape index (κ2) is 9.47. The number of carbonyl (C=O) groups is 2. The summed E-state index contributed by atoms with van der Waals surface area (Å²) in [5.74, 6) is -3.40. The second-order valence-electron chi connectivity index (χ2n) is 8.42. The first-order valence-electron chi connectivity index (χ1n) is 10.8. The van der Waals surface area contributed by atoms with Crippen molar-refractivity contribution in [3.63, 3.8) is 0 Å². The largest absolute Gasteiger partial charge is 0.534 e. The number of rotatable bonds is 4. The maximum absolute atomic E-state index is 13.6. The van der Waals surface area contributed by atoms with Crippen LogP contribution in [0.3, 0.4) is 0 Å². The number of nitrogens with zero attached hydrogens (tertiary/aromatic N) is 1. The lowest BCUT2D eigenvalue weighted by Crippen LogP contribution is -2.28. The number of halogens is 6. The lowest BCUT2D eigenvalue weighted by molar-refractivity contribution is -0.0500. The molecule has 0 saturated carbocycles. The van der Waals surface area contributed by atoms with E-state index in [4.69, 9.17) is 39.5 Å². The van der Waals surface area contributed by atoms with Gasteiger partial charge >= 0.3 is 15.6 Å². The van der Waals surface area contributed by atoms with Crippen LogP contribution in [0.1, 0.15) is 37.7 Å². The topological polar surface area (TPSA) is 128 Å². The number of H-pyrrole nitrogens is 1. The highest BCUT2D eigenvalue weighted by molar-refractivity contribution is 7.88. The molecular weight excluding hydrogens is 624 g/mol. The van der Waals surface area contributed by atoms with Crippen LogP contribution in [0.4, 0.5) is 13.2 Å². The number of ketones is 2. The maximum atomic E-state index is 13.6. The lowest BCUT2D eigenvalue weighted by atomic mass is 10.0. The van der Waals surface area contributed by atoms with Crippen LogP contribution in [0, 0.1) is 6.92 Å². The van der Waals surface area contributed by atoms with Gasteiger partial charge in [-0.3, -0.25) is 14.2 Å². The first kappa shape index (κ1) is 27.9.